The van der Waals surface area contributed by atoms with Gasteiger partial charge in [0.25, 0.3) is 0 Å². The van der Waals surface area contributed by atoms with Gasteiger partial charge in [0, 0.05) is 11.8 Å². The Morgan fingerprint density at radius 3 is 2.50 bits per heavy atom. The van der Waals surface area contributed by atoms with E-state index in [1.54, 1.807) is 0 Å². The number of hydrogen-bond acceptors (Lipinski definition) is 4. The Hall–Kier alpha value is -2.34. The van der Waals surface area contributed by atoms with Crippen molar-refractivity contribution in [3.63, 3.8) is 0 Å². The van der Waals surface area contributed by atoms with Crippen LogP contribution in [-0.4, -0.2) is 21.2 Å². The molecule has 0 saturated heterocycles. The fourth-order valence-electron chi connectivity index (χ4n) is 1.32. The molecule has 0 saturated carbocycles. The van der Waals surface area contributed by atoms with Gasteiger partial charge >= 0.3 is 6.09 Å². The van der Waals surface area contributed by atoms with E-state index in [1.165, 1.54) is 6.07 Å². The first-order valence-corrected chi connectivity index (χ1v) is 5.38. The van der Waals surface area contributed by atoms with E-state index in [1.807, 2.05) is 30.3 Å². The standard InChI is InChI=1S/C11H9ClN4O2/c12-10-14-8(6-9(15-10)16-11(17)18)13-7-4-2-1-3-5-7/h1-6H,(H,17,18)(H2,13,14,15,16). The van der Waals surface area contributed by atoms with Crippen LogP contribution in [0.2, 0.25) is 5.28 Å². The summed E-state index contributed by atoms with van der Waals surface area (Å²) in [5, 5.41) is 13.7. The zero-order valence-corrected chi connectivity index (χ0v) is 9.85. The molecule has 0 bridgehead atoms. The van der Waals surface area contributed by atoms with E-state index >= 15 is 0 Å². The summed E-state index contributed by atoms with van der Waals surface area (Å²) in [4.78, 5) is 18.2. The molecule has 3 N–H and O–H groups in total. The van der Waals surface area contributed by atoms with Crippen LogP contribution in [-0.2, 0) is 0 Å². The Bertz CT molecular complexity index is 562. The fraction of sp³-hybridized carbons (Fsp3) is 0. The number of para-hydroxylation sites is 1. The van der Waals surface area contributed by atoms with Gasteiger partial charge in [0.15, 0.2) is 0 Å². The molecule has 0 aliphatic heterocycles. The van der Waals surface area contributed by atoms with Gasteiger partial charge in [-0.25, -0.2) is 14.8 Å². The first kappa shape index (κ1) is 12.1. The molecular weight excluding hydrogens is 256 g/mol. The second kappa shape index (κ2) is 5.33. The average molecular weight is 265 g/mol. The molecule has 0 spiro atoms. The first-order chi connectivity index (χ1) is 8.63. The van der Waals surface area contributed by atoms with Gasteiger partial charge in [0.2, 0.25) is 5.28 Å². The van der Waals surface area contributed by atoms with Crippen LogP contribution in [0.4, 0.5) is 22.1 Å². The molecule has 0 atom stereocenters. The van der Waals surface area contributed by atoms with Crippen molar-refractivity contribution in [1.82, 2.24) is 9.97 Å². The molecule has 1 aromatic carbocycles. The predicted octanol–water partition coefficient (Wildman–Crippen LogP) is 2.96. The van der Waals surface area contributed by atoms with E-state index in [4.69, 9.17) is 16.7 Å². The van der Waals surface area contributed by atoms with Crippen LogP contribution < -0.4 is 10.6 Å². The molecule has 7 heteroatoms. The minimum Gasteiger partial charge on any atom is -0.465 e. The highest BCUT2D eigenvalue weighted by Crippen LogP contribution is 2.18. The molecule has 92 valence electrons. The van der Waals surface area contributed by atoms with Crippen molar-refractivity contribution in [1.29, 1.82) is 0 Å². The molecule has 0 radical (unpaired) electrons. The third kappa shape index (κ3) is 3.33. The minimum absolute atomic E-state index is 0.0420. The van der Waals surface area contributed by atoms with E-state index in [0.29, 0.717) is 5.82 Å². The summed E-state index contributed by atoms with van der Waals surface area (Å²) in [5.41, 5.74) is 0.813. The van der Waals surface area contributed by atoms with Gasteiger partial charge in [-0.05, 0) is 23.7 Å². The summed E-state index contributed by atoms with van der Waals surface area (Å²) >= 11 is 5.70. The highest BCUT2D eigenvalue weighted by molar-refractivity contribution is 6.28. The molecule has 0 aliphatic carbocycles. The molecule has 1 amide bonds. The van der Waals surface area contributed by atoms with Crippen molar-refractivity contribution < 1.29 is 9.90 Å². The summed E-state index contributed by atoms with van der Waals surface area (Å²) in [5.74, 6) is 0.519. The fourth-order valence-corrected chi connectivity index (χ4v) is 1.51. The summed E-state index contributed by atoms with van der Waals surface area (Å²) in [7, 11) is 0. The SMILES string of the molecule is O=C(O)Nc1cc(Nc2ccccc2)nc(Cl)n1. The third-order valence-corrected chi connectivity index (χ3v) is 2.15. The molecule has 18 heavy (non-hydrogen) atoms. The van der Waals surface area contributed by atoms with Gasteiger partial charge < -0.3 is 10.4 Å². The second-order valence-corrected chi connectivity index (χ2v) is 3.67. The molecule has 2 rings (SSSR count). The maximum Gasteiger partial charge on any atom is 0.410 e. The summed E-state index contributed by atoms with van der Waals surface area (Å²) in [6.45, 7) is 0. The molecular formula is C11H9ClN4O2. The van der Waals surface area contributed by atoms with Crippen LogP contribution in [0.1, 0.15) is 0 Å². The van der Waals surface area contributed by atoms with Gasteiger partial charge in [-0.2, -0.15) is 0 Å². The van der Waals surface area contributed by atoms with Crippen molar-refractivity contribution in [2.24, 2.45) is 0 Å². The maximum absolute atomic E-state index is 10.5. The Labute approximate surface area is 108 Å². The maximum atomic E-state index is 10.5. The van der Waals surface area contributed by atoms with E-state index in [-0.39, 0.29) is 11.1 Å². The van der Waals surface area contributed by atoms with Crippen molar-refractivity contribution in [2.45, 2.75) is 0 Å². The second-order valence-electron chi connectivity index (χ2n) is 3.33. The lowest BCUT2D eigenvalue weighted by Crippen LogP contribution is -2.09. The largest absolute Gasteiger partial charge is 0.465 e. The van der Waals surface area contributed by atoms with Gasteiger partial charge in [-0.15, -0.1) is 0 Å². The van der Waals surface area contributed by atoms with Gasteiger partial charge in [-0.3, -0.25) is 5.32 Å². The quantitative estimate of drug-likeness (QED) is 0.742. The van der Waals surface area contributed by atoms with E-state index in [0.717, 1.165) is 5.69 Å². The molecule has 2 aromatic rings. The van der Waals surface area contributed by atoms with Crippen LogP contribution >= 0.6 is 11.6 Å². The predicted molar refractivity (Wildman–Crippen MR) is 68.4 cm³/mol. The Kier molecular flexibility index (Phi) is 3.59. The number of nitrogens with zero attached hydrogens (tertiary/aromatic N) is 2. The topological polar surface area (TPSA) is 87.1 Å². The lowest BCUT2D eigenvalue weighted by Gasteiger charge is -2.07. The smallest absolute Gasteiger partial charge is 0.410 e. The molecule has 0 unspecified atom stereocenters. The van der Waals surface area contributed by atoms with Crippen LogP contribution in [0, 0.1) is 0 Å². The molecule has 6 nitrogen and oxygen atoms in total. The summed E-state index contributed by atoms with van der Waals surface area (Å²) < 4.78 is 0. The number of benzene rings is 1. The Balaban J connectivity index is 2.23. The van der Waals surface area contributed by atoms with Crippen molar-refractivity contribution in [3.05, 3.63) is 41.7 Å². The van der Waals surface area contributed by atoms with Crippen LogP contribution in [0.25, 0.3) is 0 Å². The zero-order chi connectivity index (χ0) is 13.0. The van der Waals surface area contributed by atoms with Crippen LogP contribution in [0.5, 0.6) is 0 Å². The lowest BCUT2D eigenvalue weighted by atomic mass is 10.3. The molecule has 0 aliphatic rings. The van der Waals surface area contributed by atoms with Crippen LogP contribution in [0.15, 0.2) is 36.4 Å². The number of hydrogen-bond donors (Lipinski definition) is 3. The summed E-state index contributed by atoms with van der Waals surface area (Å²) in [6, 6.07) is 10.8. The molecule has 1 heterocycles. The van der Waals surface area contributed by atoms with Crippen LogP contribution in [0.3, 0.4) is 0 Å². The molecule has 1 aromatic heterocycles. The lowest BCUT2D eigenvalue weighted by molar-refractivity contribution is 0.209. The normalized spacial score (nSPS) is 9.83. The highest BCUT2D eigenvalue weighted by Gasteiger charge is 2.05. The molecule has 0 fully saturated rings. The van der Waals surface area contributed by atoms with E-state index in [2.05, 4.69) is 20.6 Å². The van der Waals surface area contributed by atoms with Crippen molar-refractivity contribution in [3.8, 4) is 0 Å². The van der Waals surface area contributed by atoms with Gasteiger partial charge in [0.05, 0.1) is 0 Å². The Morgan fingerprint density at radius 2 is 1.83 bits per heavy atom. The Morgan fingerprint density at radius 1 is 1.17 bits per heavy atom. The number of nitrogens with one attached hydrogen (secondary N) is 2. The minimum atomic E-state index is -1.21. The number of aromatic nitrogens is 2. The highest BCUT2D eigenvalue weighted by atomic mass is 35.5. The number of amides is 1. The zero-order valence-electron chi connectivity index (χ0n) is 9.09. The van der Waals surface area contributed by atoms with Gasteiger partial charge in [0.1, 0.15) is 11.6 Å². The monoisotopic (exact) mass is 264 g/mol. The van der Waals surface area contributed by atoms with Crippen molar-refractivity contribution in [2.75, 3.05) is 10.6 Å². The number of carbonyl (C=O) groups is 1. The third-order valence-electron chi connectivity index (χ3n) is 1.98. The number of halogens is 1. The van der Waals surface area contributed by atoms with E-state index in [9.17, 15) is 4.79 Å². The van der Waals surface area contributed by atoms with Gasteiger partial charge in [-0.1, -0.05) is 18.2 Å². The van der Waals surface area contributed by atoms with Crippen molar-refractivity contribution >= 4 is 35.0 Å². The first-order valence-electron chi connectivity index (χ1n) is 5.00. The average Bonchev–Trinajstić information content (AvgIpc) is 2.28. The number of carboxylic acid groups (broad SMARTS) is 1. The number of anilines is 3. The van der Waals surface area contributed by atoms with E-state index < -0.39 is 6.09 Å². The summed E-state index contributed by atoms with van der Waals surface area (Å²) in [6.07, 6.45) is -1.21. The number of rotatable bonds is 3.